The number of benzene rings is 4. The Hall–Kier alpha value is -4.57. The molecule has 5 rings (SSSR count). The van der Waals surface area contributed by atoms with Crippen molar-refractivity contribution in [3.05, 3.63) is 133 Å². The van der Waals surface area contributed by atoms with Crippen molar-refractivity contribution < 1.29 is 26.7 Å². The summed E-state index contributed by atoms with van der Waals surface area (Å²) in [6.45, 7) is 2.95. The van der Waals surface area contributed by atoms with Gasteiger partial charge in [-0.3, -0.25) is 4.72 Å². The largest absolute Gasteiger partial charge is 0.505 e. The topological polar surface area (TPSA) is 84.2 Å². The number of nitrogens with one attached hydrogen (secondary N) is 1. The highest BCUT2D eigenvalue weighted by molar-refractivity contribution is 7.91. The van der Waals surface area contributed by atoms with Crippen LogP contribution < -0.4 is 4.72 Å². The first kappa shape index (κ1) is 28.4. The third-order valence-electron chi connectivity index (χ3n) is 5.78. The van der Waals surface area contributed by atoms with Gasteiger partial charge in [-0.25, -0.2) is 13.4 Å². The molecule has 0 aliphatic heterocycles. The molecular formula is C30H26F3N3O3S. The molecule has 4 aromatic carbocycles. The molecule has 0 amide bonds. The van der Waals surface area contributed by atoms with Crippen LogP contribution in [0, 0.1) is 0 Å². The van der Waals surface area contributed by atoms with E-state index in [0.29, 0.717) is 12.2 Å². The van der Waals surface area contributed by atoms with Crippen LogP contribution in [0.1, 0.15) is 11.1 Å². The summed E-state index contributed by atoms with van der Waals surface area (Å²) in [6, 6.07) is 34.9. The smallest absolute Gasteiger partial charge is 0.448 e. The Morgan fingerprint density at radius 1 is 0.825 bits per heavy atom. The summed E-state index contributed by atoms with van der Waals surface area (Å²) in [6.07, 6.45) is -4.64. The number of halogens is 3. The fourth-order valence-corrected chi connectivity index (χ4v) is 5.12. The molecule has 0 unspecified atom stereocenters. The van der Waals surface area contributed by atoms with Crippen molar-refractivity contribution >= 4 is 26.7 Å². The van der Waals surface area contributed by atoms with Crippen molar-refractivity contribution in [3.8, 4) is 11.4 Å². The monoisotopic (exact) mass is 565 g/mol. The molecule has 0 atom stereocenters. The fraction of sp³-hybridized carbons (Fsp3) is 0.100. The average Bonchev–Trinajstić information content (AvgIpc) is 3.28. The Morgan fingerprint density at radius 3 is 1.93 bits per heavy atom. The number of aliphatic hydroxyl groups excluding tert-OH is 1. The summed E-state index contributed by atoms with van der Waals surface area (Å²) >= 11 is 0. The van der Waals surface area contributed by atoms with E-state index in [2.05, 4.69) is 34.1 Å². The molecule has 40 heavy (non-hydrogen) atoms. The molecule has 206 valence electrons. The number of alkyl halides is 3. The number of hydrogen-bond acceptors (Lipinski definition) is 4. The van der Waals surface area contributed by atoms with Gasteiger partial charge in [0.25, 0.3) is 0 Å². The molecule has 1 aromatic heterocycles. The Balaban J connectivity index is 0.000000470. The molecule has 5 aromatic rings. The molecule has 0 radical (unpaired) electrons. The standard InChI is InChI=1S/C27H23N3O2S.C3H3F3O/c31-33(32,20-22-11-5-2-6-12-22)29-24-17-15-23(16-18-24)27-28-25-13-7-8-14-26(25)30(27)19-21-9-3-1-4-10-21;1-2(7)3(4,5)6/h1-18,29H,19-20H2;7H,1H2. The Labute approximate surface area is 230 Å². The van der Waals surface area contributed by atoms with E-state index in [1.807, 2.05) is 66.7 Å². The van der Waals surface area contributed by atoms with Crippen molar-refractivity contribution in [1.29, 1.82) is 0 Å². The molecule has 0 fully saturated rings. The maximum atomic E-state index is 12.6. The van der Waals surface area contributed by atoms with Crippen LogP contribution in [-0.4, -0.2) is 29.3 Å². The third-order valence-corrected chi connectivity index (χ3v) is 7.04. The van der Waals surface area contributed by atoms with Gasteiger partial charge in [0.05, 0.1) is 16.8 Å². The second-order valence-corrected chi connectivity index (χ2v) is 10.6. The lowest BCUT2D eigenvalue weighted by Gasteiger charge is -2.11. The average molecular weight is 566 g/mol. The Kier molecular flexibility index (Phi) is 8.59. The zero-order valence-electron chi connectivity index (χ0n) is 21.2. The lowest BCUT2D eigenvalue weighted by molar-refractivity contribution is -0.119. The van der Waals surface area contributed by atoms with Crippen LogP contribution in [0.2, 0.25) is 0 Å². The highest BCUT2D eigenvalue weighted by atomic mass is 32.2. The van der Waals surface area contributed by atoms with Gasteiger partial charge < -0.3 is 9.67 Å². The van der Waals surface area contributed by atoms with E-state index in [9.17, 15) is 21.6 Å². The summed E-state index contributed by atoms with van der Waals surface area (Å²) in [5, 5.41) is 7.57. The lowest BCUT2D eigenvalue weighted by atomic mass is 10.2. The van der Waals surface area contributed by atoms with Gasteiger partial charge in [-0.05, 0) is 47.5 Å². The van der Waals surface area contributed by atoms with Gasteiger partial charge >= 0.3 is 6.18 Å². The predicted octanol–water partition coefficient (Wildman–Crippen LogP) is 7.31. The number of nitrogens with zero attached hydrogens (tertiary/aromatic N) is 2. The molecule has 1 heterocycles. The molecule has 2 N–H and O–H groups in total. The van der Waals surface area contributed by atoms with Crippen molar-refractivity contribution in [2.45, 2.75) is 18.5 Å². The maximum Gasteiger partial charge on any atom is 0.448 e. The summed E-state index contributed by atoms with van der Waals surface area (Å²) in [5.74, 6) is -0.978. The number of para-hydroxylation sites is 2. The summed E-state index contributed by atoms with van der Waals surface area (Å²) < 4.78 is 62.5. The lowest BCUT2D eigenvalue weighted by Crippen LogP contribution is -2.15. The number of aliphatic hydroxyl groups is 1. The normalized spacial score (nSPS) is 11.5. The van der Waals surface area contributed by atoms with Crippen LogP contribution in [0.5, 0.6) is 0 Å². The van der Waals surface area contributed by atoms with Crippen molar-refractivity contribution in [2.75, 3.05) is 4.72 Å². The minimum absolute atomic E-state index is 0.0670. The van der Waals surface area contributed by atoms with Gasteiger partial charge in [0.1, 0.15) is 5.82 Å². The first-order valence-electron chi connectivity index (χ1n) is 12.1. The number of imidazole rings is 1. The van der Waals surface area contributed by atoms with E-state index in [1.54, 1.807) is 24.3 Å². The van der Waals surface area contributed by atoms with Crippen molar-refractivity contribution in [2.24, 2.45) is 0 Å². The van der Waals surface area contributed by atoms with Gasteiger partial charge in [-0.2, -0.15) is 13.2 Å². The van der Waals surface area contributed by atoms with E-state index >= 15 is 0 Å². The van der Waals surface area contributed by atoms with E-state index in [1.165, 1.54) is 5.56 Å². The predicted molar refractivity (Wildman–Crippen MR) is 151 cm³/mol. The molecule has 0 spiro atoms. The van der Waals surface area contributed by atoms with E-state index in [-0.39, 0.29) is 5.75 Å². The fourth-order valence-electron chi connectivity index (χ4n) is 3.92. The van der Waals surface area contributed by atoms with E-state index in [4.69, 9.17) is 10.1 Å². The first-order chi connectivity index (χ1) is 19.0. The number of anilines is 1. The van der Waals surface area contributed by atoms with Crippen molar-refractivity contribution in [1.82, 2.24) is 9.55 Å². The molecule has 0 aliphatic carbocycles. The maximum absolute atomic E-state index is 12.6. The highest BCUT2D eigenvalue weighted by Crippen LogP contribution is 2.27. The van der Waals surface area contributed by atoms with Gasteiger partial charge in [-0.1, -0.05) is 79.4 Å². The van der Waals surface area contributed by atoms with Gasteiger partial charge in [-0.15, -0.1) is 0 Å². The van der Waals surface area contributed by atoms with Crippen LogP contribution in [-0.2, 0) is 22.3 Å². The Morgan fingerprint density at radius 2 is 1.35 bits per heavy atom. The number of allylic oxidation sites excluding steroid dienone is 1. The summed E-state index contributed by atoms with van der Waals surface area (Å²) in [7, 11) is -3.51. The molecule has 0 saturated heterocycles. The number of hydrogen-bond donors (Lipinski definition) is 2. The van der Waals surface area contributed by atoms with Crippen LogP contribution >= 0.6 is 0 Å². The molecule has 6 nitrogen and oxygen atoms in total. The first-order valence-corrected chi connectivity index (χ1v) is 13.8. The number of fused-ring (bicyclic) bond motifs is 1. The van der Waals surface area contributed by atoms with Gasteiger partial charge in [0, 0.05) is 17.8 Å². The number of rotatable bonds is 7. The van der Waals surface area contributed by atoms with Crippen LogP contribution in [0.25, 0.3) is 22.4 Å². The van der Waals surface area contributed by atoms with E-state index < -0.39 is 22.0 Å². The van der Waals surface area contributed by atoms with Gasteiger partial charge in [0.2, 0.25) is 10.0 Å². The van der Waals surface area contributed by atoms with Crippen molar-refractivity contribution in [3.63, 3.8) is 0 Å². The number of aromatic nitrogens is 2. The van der Waals surface area contributed by atoms with Crippen LogP contribution in [0.3, 0.4) is 0 Å². The summed E-state index contributed by atoms with van der Waals surface area (Å²) in [5.41, 5.74) is 5.37. The number of sulfonamides is 1. The Bertz CT molecular complexity index is 1690. The second kappa shape index (κ2) is 12.1. The zero-order valence-corrected chi connectivity index (χ0v) is 22.0. The second-order valence-electron chi connectivity index (χ2n) is 8.86. The molecule has 0 bridgehead atoms. The highest BCUT2D eigenvalue weighted by Gasteiger charge is 2.31. The van der Waals surface area contributed by atoms with E-state index in [0.717, 1.165) is 28.0 Å². The van der Waals surface area contributed by atoms with Crippen LogP contribution in [0.15, 0.2) is 122 Å². The minimum Gasteiger partial charge on any atom is -0.505 e. The SMILES string of the molecule is C=C(O)C(F)(F)F.O=S(=O)(Cc1ccccc1)Nc1ccc(-c2nc3ccccc3n2Cc2ccccc2)cc1. The molecule has 0 saturated carbocycles. The minimum atomic E-state index is -4.64. The third kappa shape index (κ3) is 7.51. The zero-order chi connectivity index (χ0) is 28.8. The summed E-state index contributed by atoms with van der Waals surface area (Å²) in [4.78, 5) is 4.86. The molecule has 0 aliphatic rings. The van der Waals surface area contributed by atoms with Gasteiger partial charge in [0.15, 0.2) is 5.76 Å². The molecule has 10 heteroatoms. The quantitative estimate of drug-likeness (QED) is 0.203. The van der Waals surface area contributed by atoms with Crippen LogP contribution in [0.4, 0.5) is 18.9 Å². The molecular weight excluding hydrogens is 539 g/mol.